The summed E-state index contributed by atoms with van der Waals surface area (Å²) in [6, 6.07) is 0. The molecule has 0 heterocycles. The van der Waals surface area contributed by atoms with Crippen molar-refractivity contribution < 1.29 is 0 Å². The maximum absolute atomic E-state index is 2.33. The lowest BCUT2D eigenvalue weighted by atomic mass is 10.0. The van der Waals surface area contributed by atoms with Crippen LogP contribution in [0.3, 0.4) is 0 Å². The number of rotatable bonds is 0. The number of hydrogen-bond donors (Lipinski definition) is 0. The molecule has 0 amide bonds. The van der Waals surface area contributed by atoms with Crippen LogP contribution in [0.15, 0.2) is 0 Å². The van der Waals surface area contributed by atoms with Crippen molar-refractivity contribution in [3.05, 3.63) is 11.8 Å². The van der Waals surface area contributed by atoms with Gasteiger partial charge >= 0.3 is 0 Å². The predicted octanol–water partition coefficient (Wildman–Crippen LogP) is 3.00. The van der Waals surface area contributed by atoms with Gasteiger partial charge in [0.25, 0.3) is 0 Å². The molecule has 0 aromatic carbocycles. The molecule has 0 aromatic heterocycles. The largest absolute Gasteiger partial charge is 0.316 e. The van der Waals surface area contributed by atoms with Gasteiger partial charge in [-0.05, 0) is 0 Å². The fraction of sp³-hybridized carbons (Fsp3) is 0.800. The Morgan fingerprint density at radius 3 is 1.40 bits per heavy atom. The Hall–Kier alpha value is 0. The van der Waals surface area contributed by atoms with Gasteiger partial charge in [0.15, 0.2) is 0 Å². The summed E-state index contributed by atoms with van der Waals surface area (Å²) in [5.74, 6) is 5.62. The SMILES string of the molecule is C[C-]1CC2C[C-](C)CC2C1. The highest BCUT2D eigenvalue weighted by atomic mass is 14.4. The van der Waals surface area contributed by atoms with Gasteiger partial charge < -0.3 is 11.8 Å². The van der Waals surface area contributed by atoms with Crippen molar-refractivity contribution in [1.82, 2.24) is 0 Å². The van der Waals surface area contributed by atoms with E-state index in [0.717, 1.165) is 11.8 Å². The first-order chi connectivity index (χ1) is 4.75. The van der Waals surface area contributed by atoms with Crippen molar-refractivity contribution in [2.45, 2.75) is 39.5 Å². The molecule has 0 aromatic rings. The van der Waals surface area contributed by atoms with Gasteiger partial charge in [-0.3, -0.25) is 0 Å². The van der Waals surface area contributed by atoms with Crippen molar-refractivity contribution in [2.75, 3.05) is 0 Å². The molecule has 0 saturated heterocycles. The van der Waals surface area contributed by atoms with E-state index in [2.05, 4.69) is 13.8 Å². The normalized spacial score (nSPS) is 42.6. The van der Waals surface area contributed by atoms with Crippen LogP contribution in [0, 0.1) is 23.7 Å². The van der Waals surface area contributed by atoms with Crippen LogP contribution in [-0.4, -0.2) is 0 Å². The summed E-state index contributed by atoms with van der Waals surface area (Å²) in [4.78, 5) is 0. The minimum absolute atomic E-state index is 1.06. The summed E-state index contributed by atoms with van der Waals surface area (Å²) in [5.41, 5.74) is 0. The highest BCUT2D eigenvalue weighted by molar-refractivity contribution is 5.09. The fourth-order valence-electron chi connectivity index (χ4n) is 2.77. The molecule has 2 aliphatic carbocycles. The Morgan fingerprint density at radius 2 is 1.10 bits per heavy atom. The monoisotopic (exact) mass is 136 g/mol. The zero-order chi connectivity index (χ0) is 7.14. The minimum Gasteiger partial charge on any atom is -0.316 e. The molecule has 0 atom stereocenters. The number of hydrogen-bond acceptors (Lipinski definition) is 0. The van der Waals surface area contributed by atoms with Crippen molar-refractivity contribution in [1.29, 1.82) is 0 Å². The van der Waals surface area contributed by atoms with E-state index < -0.39 is 0 Å². The van der Waals surface area contributed by atoms with Crippen LogP contribution in [0.1, 0.15) is 39.5 Å². The molecular formula is C10H16-2. The Bertz CT molecular complexity index is 100. The summed E-state index contributed by atoms with van der Waals surface area (Å²) in [7, 11) is 0. The van der Waals surface area contributed by atoms with Crippen LogP contribution >= 0.6 is 0 Å². The third kappa shape index (κ3) is 0.980. The van der Waals surface area contributed by atoms with Gasteiger partial charge in [0.1, 0.15) is 0 Å². The Morgan fingerprint density at radius 1 is 0.800 bits per heavy atom. The third-order valence-corrected chi connectivity index (χ3v) is 3.11. The fourth-order valence-corrected chi connectivity index (χ4v) is 2.77. The van der Waals surface area contributed by atoms with Crippen LogP contribution in [0.5, 0.6) is 0 Å². The molecule has 10 heavy (non-hydrogen) atoms. The molecule has 0 bridgehead atoms. The van der Waals surface area contributed by atoms with Crippen molar-refractivity contribution >= 4 is 0 Å². The smallest absolute Gasteiger partial charge is 0.0972 e. The summed E-state index contributed by atoms with van der Waals surface area (Å²) in [6.07, 6.45) is 5.73. The average molecular weight is 136 g/mol. The molecule has 0 heteroatoms. The van der Waals surface area contributed by atoms with Crippen molar-refractivity contribution in [2.24, 2.45) is 11.8 Å². The summed E-state index contributed by atoms with van der Waals surface area (Å²) in [5, 5.41) is 0. The van der Waals surface area contributed by atoms with Gasteiger partial charge in [-0.15, -0.1) is 0 Å². The second-order valence-electron chi connectivity index (χ2n) is 4.25. The van der Waals surface area contributed by atoms with Crippen LogP contribution in [-0.2, 0) is 0 Å². The van der Waals surface area contributed by atoms with Gasteiger partial charge in [0.2, 0.25) is 0 Å². The molecular weight excluding hydrogens is 120 g/mol. The minimum atomic E-state index is 1.06. The second kappa shape index (κ2) is 2.25. The molecule has 0 nitrogen and oxygen atoms in total. The number of fused-ring (bicyclic) bond motifs is 1. The Kier molecular flexibility index (Phi) is 1.51. The van der Waals surface area contributed by atoms with E-state index in [1.54, 1.807) is 11.8 Å². The molecule has 58 valence electrons. The highest BCUT2D eigenvalue weighted by Gasteiger charge is 2.25. The molecule has 2 rings (SSSR count). The molecule has 2 fully saturated rings. The van der Waals surface area contributed by atoms with Gasteiger partial charge in [0.05, 0.1) is 0 Å². The summed E-state index contributed by atoms with van der Waals surface area (Å²) < 4.78 is 0. The van der Waals surface area contributed by atoms with E-state index in [4.69, 9.17) is 0 Å². The zero-order valence-corrected chi connectivity index (χ0v) is 6.98. The van der Waals surface area contributed by atoms with Crippen molar-refractivity contribution in [3.63, 3.8) is 0 Å². The lowest BCUT2D eigenvalue weighted by Crippen LogP contribution is -1.95. The first kappa shape index (κ1) is 6.69. The molecule has 0 aliphatic heterocycles. The quantitative estimate of drug-likeness (QED) is 0.449. The molecule has 0 unspecified atom stereocenters. The Balaban J connectivity index is 2.00. The van der Waals surface area contributed by atoms with E-state index >= 15 is 0 Å². The topological polar surface area (TPSA) is 0 Å². The average Bonchev–Trinajstić information content (AvgIpc) is 2.21. The van der Waals surface area contributed by atoms with Gasteiger partial charge in [-0.25, -0.2) is 0 Å². The second-order valence-corrected chi connectivity index (χ2v) is 4.25. The van der Waals surface area contributed by atoms with E-state index in [9.17, 15) is 0 Å². The maximum atomic E-state index is 2.33. The van der Waals surface area contributed by atoms with Gasteiger partial charge in [-0.2, -0.15) is 39.5 Å². The standard InChI is InChI=1S/C10H16/c1-7-3-9-5-8(2)6-10(9)4-7/h9-10H,3-6H2,1-2H3/q-2. The lowest BCUT2D eigenvalue weighted by Gasteiger charge is -2.22. The summed E-state index contributed by atoms with van der Waals surface area (Å²) >= 11 is 0. The lowest BCUT2D eigenvalue weighted by molar-refractivity contribution is 0.457. The first-order valence-corrected chi connectivity index (χ1v) is 4.38. The van der Waals surface area contributed by atoms with Gasteiger partial charge in [0, 0.05) is 0 Å². The maximum Gasteiger partial charge on any atom is -0.0972 e. The van der Waals surface area contributed by atoms with E-state index in [1.807, 2.05) is 0 Å². The molecule has 0 spiro atoms. The summed E-state index contributed by atoms with van der Waals surface area (Å²) in [6.45, 7) is 4.65. The van der Waals surface area contributed by atoms with Crippen LogP contribution in [0.25, 0.3) is 0 Å². The van der Waals surface area contributed by atoms with E-state index in [0.29, 0.717) is 0 Å². The van der Waals surface area contributed by atoms with Crippen LogP contribution < -0.4 is 0 Å². The van der Waals surface area contributed by atoms with Gasteiger partial charge in [-0.1, -0.05) is 11.8 Å². The Labute approximate surface area is 64.0 Å². The van der Waals surface area contributed by atoms with Crippen LogP contribution in [0.4, 0.5) is 0 Å². The zero-order valence-electron chi connectivity index (χ0n) is 6.98. The molecule has 0 radical (unpaired) electrons. The molecule has 2 saturated carbocycles. The predicted molar refractivity (Wildman–Crippen MR) is 43.3 cm³/mol. The third-order valence-electron chi connectivity index (χ3n) is 3.11. The van der Waals surface area contributed by atoms with Crippen molar-refractivity contribution in [3.8, 4) is 0 Å². The highest BCUT2D eigenvalue weighted by Crippen LogP contribution is 2.50. The van der Waals surface area contributed by atoms with E-state index in [1.165, 1.54) is 25.7 Å². The first-order valence-electron chi connectivity index (χ1n) is 4.38. The van der Waals surface area contributed by atoms with E-state index in [-0.39, 0.29) is 0 Å². The molecule has 2 aliphatic rings. The molecule has 0 N–H and O–H groups in total. The van der Waals surface area contributed by atoms with Crippen LogP contribution in [0.2, 0.25) is 0 Å².